The van der Waals surface area contributed by atoms with Crippen LogP contribution in [-0.4, -0.2) is 47.3 Å². The van der Waals surface area contributed by atoms with Crippen molar-refractivity contribution in [2.24, 2.45) is 5.92 Å². The summed E-state index contributed by atoms with van der Waals surface area (Å²) in [6.45, 7) is 4.07. The van der Waals surface area contributed by atoms with Crippen LogP contribution >= 0.6 is 0 Å². The standard InChI is InChI=1S/C20H27FN2O2/c1-2-18-5-3-4-11-23(18)20(25)16-13-19(24)22(14-16)12-10-15-6-8-17(21)9-7-15/h6-9,16,18H,2-5,10-14H2,1H3/t16-,18+/m1/s1. The number of carbonyl (C=O) groups excluding carboxylic acids is 2. The van der Waals surface area contributed by atoms with E-state index in [9.17, 15) is 14.0 Å². The Morgan fingerprint density at radius 2 is 2.00 bits per heavy atom. The van der Waals surface area contributed by atoms with Gasteiger partial charge in [-0.05, 0) is 49.8 Å². The Hall–Kier alpha value is -1.91. The molecule has 2 amide bonds. The van der Waals surface area contributed by atoms with Crippen molar-refractivity contribution < 1.29 is 14.0 Å². The Morgan fingerprint density at radius 1 is 1.24 bits per heavy atom. The molecular formula is C20H27FN2O2. The van der Waals surface area contributed by atoms with E-state index in [0.717, 1.165) is 31.4 Å². The maximum atomic E-state index is 13.0. The zero-order valence-corrected chi connectivity index (χ0v) is 14.9. The van der Waals surface area contributed by atoms with E-state index >= 15 is 0 Å². The van der Waals surface area contributed by atoms with Gasteiger partial charge in [-0.25, -0.2) is 4.39 Å². The maximum Gasteiger partial charge on any atom is 0.228 e. The first-order chi connectivity index (χ1) is 12.1. The molecule has 0 aromatic heterocycles. The van der Waals surface area contributed by atoms with Crippen LogP contribution in [0.25, 0.3) is 0 Å². The van der Waals surface area contributed by atoms with Crippen molar-refractivity contribution in [3.05, 3.63) is 35.6 Å². The van der Waals surface area contributed by atoms with Gasteiger partial charge in [-0.15, -0.1) is 0 Å². The van der Waals surface area contributed by atoms with E-state index < -0.39 is 0 Å². The first kappa shape index (κ1) is 17.9. The molecule has 0 N–H and O–H groups in total. The third-order valence-corrected chi connectivity index (χ3v) is 5.53. The summed E-state index contributed by atoms with van der Waals surface area (Å²) in [4.78, 5) is 29.0. The minimum Gasteiger partial charge on any atom is -0.342 e. The highest BCUT2D eigenvalue weighted by Gasteiger charge is 2.38. The van der Waals surface area contributed by atoms with Crippen LogP contribution in [0.1, 0.15) is 44.6 Å². The lowest BCUT2D eigenvalue weighted by atomic mass is 9.97. The number of benzene rings is 1. The lowest BCUT2D eigenvalue weighted by molar-refractivity contribution is -0.139. The van der Waals surface area contributed by atoms with E-state index in [4.69, 9.17) is 0 Å². The Balaban J connectivity index is 1.56. The number of halogens is 1. The van der Waals surface area contributed by atoms with Crippen LogP contribution in [0.2, 0.25) is 0 Å². The second kappa shape index (κ2) is 7.98. The van der Waals surface area contributed by atoms with Gasteiger partial charge in [-0.3, -0.25) is 9.59 Å². The van der Waals surface area contributed by atoms with E-state index in [0.29, 0.717) is 32.0 Å². The number of hydrogen-bond acceptors (Lipinski definition) is 2. The average molecular weight is 346 g/mol. The number of rotatable bonds is 5. The van der Waals surface area contributed by atoms with Crippen molar-refractivity contribution in [2.75, 3.05) is 19.6 Å². The molecule has 0 aliphatic carbocycles. The predicted molar refractivity (Wildman–Crippen MR) is 94.4 cm³/mol. The lowest BCUT2D eigenvalue weighted by Crippen LogP contribution is -2.46. The van der Waals surface area contributed by atoms with Crippen molar-refractivity contribution in [1.29, 1.82) is 0 Å². The molecule has 4 nitrogen and oxygen atoms in total. The summed E-state index contributed by atoms with van der Waals surface area (Å²) >= 11 is 0. The summed E-state index contributed by atoms with van der Waals surface area (Å²) in [5.41, 5.74) is 1.01. The predicted octanol–water partition coefficient (Wildman–Crippen LogP) is 3.01. The van der Waals surface area contributed by atoms with Crippen LogP contribution < -0.4 is 0 Å². The number of hydrogen-bond donors (Lipinski definition) is 0. The van der Waals surface area contributed by atoms with Crippen molar-refractivity contribution in [2.45, 2.75) is 51.5 Å². The molecule has 1 aromatic rings. The van der Waals surface area contributed by atoms with Crippen LogP contribution in [-0.2, 0) is 16.0 Å². The monoisotopic (exact) mass is 346 g/mol. The normalized spacial score (nSPS) is 24.0. The van der Waals surface area contributed by atoms with Crippen molar-refractivity contribution in [3.63, 3.8) is 0 Å². The summed E-state index contributed by atoms with van der Waals surface area (Å²) in [6.07, 6.45) is 5.34. The number of nitrogens with zero attached hydrogens (tertiary/aromatic N) is 2. The van der Waals surface area contributed by atoms with E-state index in [2.05, 4.69) is 6.92 Å². The van der Waals surface area contributed by atoms with Gasteiger partial charge in [0.05, 0.1) is 5.92 Å². The lowest BCUT2D eigenvalue weighted by Gasteiger charge is -2.36. The van der Waals surface area contributed by atoms with Gasteiger partial charge in [0.1, 0.15) is 5.82 Å². The van der Waals surface area contributed by atoms with Crippen LogP contribution in [0.4, 0.5) is 4.39 Å². The zero-order chi connectivity index (χ0) is 17.8. The molecule has 0 saturated carbocycles. The number of likely N-dealkylation sites (tertiary alicyclic amines) is 2. The Bertz CT molecular complexity index is 617. The number of piperidine rings is 1. The van der Waals surface area contributed by atoms with Crippen LogP contribution in [0.3, 0.4) is 0 Å². The minimum absolute atomic E-state index is 0.0607. The van der Waals surface area contributed by atoms with Crippen LogP contribution in [0.15, 0.2) is 24.3 Å². The first-order valence-electron chi connectivity index (χ1n) is 9.41. The Kier molecular flexibility index (Phi) is 5.71. The Labute approximate surface area is 149 Å². The highest BCUT2D eigenvalue weighted by Crippen LogP contribution is 2.26. The quantitative estimate of drug-likeness (QED) is 0.822. The summed E-state index contributed by atoms with van der Waals surface area (Å²) in [7, 11) is 0. The molecule has 0 bridgehead atoms. The van der Waals surface area contributed by atoms with Gasteiger partial charge < -0.3 is 9.80 Å². The molecule has 0 spiro atoms. The molecule has 0 radical (unpaired) electrons. The second-order valence-electron chi connectivity index (χ2n) is 7.21. The molecule has 2 heterocycles. The fourth-order valence-electron chi connectivity index (χ4n) is 4.02. The average Bonchev–Trinajstić information content (AvgIpc) is 3.01. The van der Waals surface area contributed by atoms with Gasteiger partial charge in [0.15, 0.2) is 0 Å². The maximum absolute atomic E-state index is 13.0. The van der Waals surface area contributed by atoms with Gasteiger partial charge in [0.25, 0.3) is 0 Å². The van der Waals surface area contributed by atoms with Gasteiger partial charge in [0.2, 0.25) is 11.8 Å². The van der Waals surface area contributed by atoms with Gasteiger partial charge in [-0.2, -0.15) is 0 Å². The Morgan fingerprint density at radius 3 is 2.72 bits per heavy atom. The molecule has 25 heavy (non-hydrogen) atoms. The third kappa shape index (κ3) is 4.20. The molecule has 2 saturated heterocycles. The van der Waals surface area contributed by atoms with E-state index in [1.54, 1.807) is 17.0 Å². The largest absolute Gasteiger partial charge is 0.342 e. The molecule has 2 aliphatic rings. The van der Waals surface area contributed by atoms with Crippen LogP contribution in [0.5, 0.6) is 0 Å². The molecule has 2 atom stereocenters. The van der Waals surface area contributed by atoms with Crippen molar-refractivity contribution in [1.82, 2.24) is 9.80 Å². The summed E-state index contributed by atoms with van der Waals surface area (Å²) in [5, 5.41) is 0. The SMILES string of the molecule is CC[C@H]1CCCCN1C(=O)[C@@H]1CC(=O)N(CCc2ccc(F)cc2)C1. The summed E-state index contributed by atoms with van der Waals surface area (Å²) in [5.74, 6) is -0.235. The summed E-state index contributed by atoms with van der Waals surface area (Å²) < 4.78 is 13.0. The van der Waals surface area contributed by atoms with Crippen molar-refractivity contribution in [3.8, 4) is 0 Å². The topological polar surface area (TPSA) is 40.6 Å². The molecule has 5 heteroatoms. The highest BCUT2D eigenvalue weighted by atomic mass is 19.1. The third-order valence-electron chi connectivity index (χ3n) is 5.53. The molecule has 2 aliphatic heterocycles. The minimum atomic E-state index is -0.251. The van der Waals surface area contributed by atoms with E-state index in [-0.39, 0.29) is 23.5 Å². The highest BCUT2D eigenvalue weighted by molar-refractivity contribution is 5.89. The van der Waals surface area contributed by atoms with Gasteiger partial charge >= 0.3 is 0 Å². The fourth-order valence-corrected chi connectivity index (χ4v) is 4.02. The number of carbonyl (C=O) groups is 2. The molecule has 0 unspecified atom stereocenters. The van der Waals surface area contributed by atoms with Crippen molar-refractivity contribution >= 4 is 11.8 Å². The summed E-state index contributed by atoms with van der Waals surface area (Å²) in [6, 6.07) is 6.71. The smallest absolute Gasteiger partial charge is 0.228 e. The molecule has 3 rings (SSSR count). The van der Waals surface area contributed by atoms with Gasteiger partial charge in [0, 0.05) is 32.1 Å². The molecular weight excluding hydrogens is 319 g/mol. The second-order valence-corrected chi connectivity index (χ2v) is 7.21. The number of amides is 2. The fraction of sp³-hybridized carbons (Fsp3) is 0.600. The molecule has 1 aromatic carbocycles. The molecule has 136 valence electrons. The zero-order valence-electron chi connectivity index (χ0n) is 14.9. The van der Waals surface area contributed by atoms with Gasteiger partial charge in [-0.1, -0.05) is 19.1 Å². The first-order valence-corrected chi connectivity index (χ1v) is 9.41. The van der Waals surface area contributed by atoms with Crippen LogP contribution in [0, 0.1) is 11.7 Å². The molecule has 2 fully saturated rings. The van der Waals surface area contributed by atoms with E-state index in [1.807, 2.05) is 4.90 Å². The van der Waals surface area contributed by atoms with E-state index in [1.165, 1.54) is 18.6 Å².